The predicted octanol–water partition coefficient (Wildman–Crippen LogP) is 2.42. The van der Waals surface area contributed by atoms with Crippen LogP contribution in [0.5, 0.6) is 5.75 Å². The number of para-hydroxylation sites is 2. The third-order valence-electron chi connectivity index (χ3n) is 4.77. The third kappa shape index (κ3) is 6.53. The summed E-state index contributed by atoms with van der Waals surface area (Å²) < 4.78 is 18.7. The van der Waals surface area contributed by atoms with Crippen molar-refractivity contribution < 1.29 is 18.7 Å². The van der Waals surface area contributed by atoms with Crippen molar-refractivity contribution in [1.82, 2.24) is 9.80 Å². The lowest BCUT2D eigenvalue weighted by Gasteiger charge is -2.33. The highest BCUT2D eigenvalue weighted by atomic mass is 19.1. The standard InChI is InChI=1S/C22H27FN4O3/c1-2-30-20-9-4-3-8-19(20)25-22(29)16-27-12-10-26(11-13-27)15-21(28)24-18-7-5-6-17(23)14-18/h3-9,14H,2,10-13,15-16H2,1H3,(H,24,28)(H,25,29). The number of hydrogen-bond donors (Lipinski definition) is 2. The highest BCUT2D eigenvalue weighted by Gasteiger charge is 2.21. The van der Waals surface area contributed by atoms with Crippen LogP contribution in [0.15, 0.2) is 48.5 Å². The van der Waals surface area contributed by atoms with Gasteiger partial charge >= 0.3 is 0 Å². The molecule has 8 heteroatoms. The molecule has 2 N–H and O–H groups in total. The van der Waals surface area contributed by atoms with E-state index in [1.807, 2.05) is 36.1 Å². The summed E-state index contributed by atoms with van der Waals surface area (Å²) in [5.74, 6) is -0.00942. The second kappa shape index (κ2) is 10.7. The number of rotatable bonds is 8. The Kier molecular flexibility index (Phi) is 7.75. The zero-order chi connectivity index (χ0) is 21.3. The molecule has 1 fully saturated rings. The highest BCUT2D eigenvalue weighted by molar-refractivity contribution is 5.94. The Labute approximate surface area is 175 Å². The lowest BCUT2D eigenvalue weighted by atomic mass is 10.2. The van der Waals surface area contributed by atoms with Crippen LogP contribution in [0.1, 0.15) is 6.92 Å². The Morgan fingerprint density at radius 1 is 0.933 bits per heavy atom. The van der Waals surface area contributed by atoms with Crippen LogP contribution in [-0.4, -0.2) is 67.5 Å². The molecule has 1 aliphatic rings. The molecular weight excluding hydrogens is 387 g/mol. The fourth-order valence-electron chi connectivity index (χ4n) is 3.32. The van der Waals surface area contributed by atoms with Crippen molar-refractivity contribution in [2.45, 2.75) is 6.92 Å². The predicted molar refractivity (Wildman–Crippen MR) is 114 cm³/mol. The second-order valence-corrected chi connectivity index (χ2v) is 7.09. The zero-order valence-electron chi connectivity index (χ0n) is 17.1. The van der Waals surface area contributed by atoms with Crippen molar-refractivity contribution >= 4 is 23.2 Å². The molecule has 0 bridgehead atoms. The smallest absolute Gasteiger partial charge is 0.238 e. The normalized spacial score (nSPS) is 14.9. The highest BCUT2D eigenvalue weighted by Crippen LogP contribution is 2.23. The summed E-state index contributed by atoms with van der Waals surface area (Å²) in [5, 5.41) is 5.61. The molecule has 30 heavy (non-hydrogen) atoms. The SMILES string of the molecule is CCOc1ccccc1NC(=O)CN1CCN(CC(=O)Nc2cccc(F)c2)CC1. The quantitative estimate of drug-likeness (QED) is 0.694. The summed E-state index contributed by atoms with van der Waals surface area (Å²) in [6, 6.07) is 13.2. The molecule has 2 amide bonds. The Morgan fingerprint density at radius 2 is 1.57 bits per heavy atom. The summed E-state index contributed by atoms with van der Waals surface area (Å²) in [6.07, 6.45) is 0. The topological polar surface area (TPSA) is 73.9 Å². The molecule has 0 saturated carbocycles. The van der Waals surface area contributed by atoms with Crippen molar-refractivity contribution in [3.05, 3.63) is 54.3 Å². The number of nitrogens with zero attached hydrogens (tertiary/aromatic N) is 2. The number of carbonyl (C=O) groups excluding carboxylic acids is 2. The maximum atomic E-state index is 13.2. The molecule has 0 unspecified atom stereocenters. The number of nitrogens with one attached hydrogen (secondary N) is 2. The number of anilines is 2. The van der Waals surface area contributed by atoms with Crippen LogP contribution in [-0.2, 0) is 9.59 Å². The fourth-order valence-corrected chi connectivity index (χ4v) is 3.32. The number of hydrogen-bond acceptors (Lipinski definition) is 5. The largest absolute Gasteiger partial charge is 0.492 e. The van der Waals surface area contributed by atoms with Crippen LogP contribution in [0.25, 0.3) is 0 Å². The number of amides is 2. The van der Waals surface area contributed by atoms with Crippen molar-refractivity contribution in [2.24, 2.45) is 0 Å². The molecule has 2 aromatic carbocycles. The molecule has 0 aliphatic carbocycles. The maximum absolute atomic E-state index is 13.2. The van der Waals surface area contributed by atoms with Crippen molar-refractivity contribution in [1.29, 1.82) is 0 Å². The summed E-state index contributed by atoms with van der Waals surface area (Å²) in [5.41, 5.74) is 1.11. The van der Waals surface area contributed by atoms with E-state index < -0.39 is 0 Å². The van der Waals surface area contributed by atoms with Gasteiger partial charge in [-0.15, -0.1) is 0 Å². The number of piperazine rings is 1. The molecular formula is C22H27FN4O3. The zero-order valence-corrected chi connectivity index (χ0v) is 17.1. The van der Waals surface area contributed by atoms with Gasteiger partial charge in [0.1, 0.15) is 11.6 Å². The van der Waals surface area contributed by atoms with Gasteiger partial charge in [0.2, 0.25) is 11.8 Å². The van der Waals surface area contributed by atoms with Gasteiger partial charge in [0.05, 0.1) is 25.4 Å². The van der Waals surface area contributed by atoms with E-state index >= 15 is 0 Å². The maximum Gasteiger partial charge on any atom is 0.238 e. The second-order valence-electron chi connectivity index (χ2n) is 7.09. The monoisotopic (exact) mass is 414 g/mol. The van der Waals surface area contributed by atoms with Crippen LogP contribution < -0.4 is 15.4 Å². The van der Waals surface area contributed by atoms with E-state index in [9.17, 15) is 14.0 Å². The molecule has 0 atom stereocenters. The minimum absolute atomic E-state index is 0.0977. The molecule has 2 aromatic rings. The number of ether oxygens (including phenoxy) is 1. The first-order valence-electron chi connectivity index (χ1n) is 10.1. The van der Waals surface area contributed by atoms with Crippen molar-refractivity contribution in [2.75, 3.05) is 56.5 Å². The lowest BCUT2D eigenvalue weighted by molar-refractivity contribution is -0.120. The summed E-state index contributed by atoms with van der Waals surface area (Å²) >= 11 is 0. The molecule has 1 saturated heterocycles. The molecule has 7 nitrogen and oxygen atoms in total. The van der Waals surface area contributed by atoms with E-state index in [2.05, 4.69) is 15.5 Å². The van der Waals surface area contributed by atoms with Gasteiger partial charge in [-0.05, 0) is 37.3 Å². The first kappa shape index (κ1) is 21.7. The molecule has 160 valence electrons. The summed E-state index contributed by atoms with van der Waals surface area (Å²) in [6.45, 7) is 5.68. The Hall–Kier alpha value is -2.97. The number of halogens is 1. The van der Waals surface area contributed by atoms with Gasteiger partial charge in [0.25, 0.3) is 0 Å². The minimum atomic E-state index is -0.386. The van der Waals surface area contributed by atoms with Crippen LogP contribution in [0.2, 0.25) is 0 Å². The summed E-state index contributed by atoms with van der Waals surface area (Å²) in [7, 11) is 0. The minimum Gasteiger partial charge on any atom is -0.492 e. The van der Waals surface area contributed by atoms with E-state index in [4.69, 9.17) is 4.74 Å². The average molecular weight is 414 g/mol. The Bertz CT molecular complexity index is 869. The van der Waals surface area contributed by atoms with E-state index in [-0.39, 0.29) is 30.7 Å². The molecule has 0 radical (unpaired) electrons. The first-order chi connectivity index (χ1) is 14.5. The summed E-state index contributed by atoms with van der Waals surface area (Å²) in [4.78, 5) is 28.7. The van der Waals surface area contributed by atoms with Crippen LogP contribution in [0.3, 0.4) is 0 Å². The van der Waals surface area contributed by atoms with Gasteiger partial charge in [0.15, 0.2) is 0 Å². The first-order valence-corrected chi connectivity index (χ1v) is 10.1. The third-order valence-corrected chi connectivity index (χ3v) is 4.77. The molecule has 1 heterocycles. The van der Waals surface area contributed by atoms with Gasteiger partial charge in [-0.25, -0.2) is 4.39 Å². The van der Waals surface area contributed by atoms with Crippen molar-refractivity contribution in [3.63, 3.8) is 0 Å². The number of carbonyl (C=O) groups is 2. The van der Waals surface area contributed by atoms with E-state index in [1.165, 1.54) is 12.1 Å². The average Bonchev–Trinajstić information content (AvgIpc) is 2.71. The number of benzene rings is 2. The molecule has 3 rings (SSSR count). The van der Waals surface area contributed by atoms with Gasteiger partial charge < -0.3 is 15.4 Å². The van der Waals surface area contributed by atoms with Gasteiger partial charge in [-0.3, -0.25) is 19.4 Å². The molecule has 1 aliphatic heterocycles. The molecule has 0 aromatic heterocycles. The van der Waals surface area contributed by atoms with Crippen LogP contribution in [0.4, 0.5) is 15.8 Å². The van der Waals surface area contributed by atoms with Crippen LogP contribution >= 0.6 is 0 Å². The Morgan fingerprint density at radius 3 is 2.20 bits per heavy atom. The Balaban J connectivity index is 1.41. The van der Waals surface area contributed by atoms with E-state index in [0.29, 0.717) is 49.9 Å². The molecule has 0 spiro atoms. The van der Waals surface area contributed by atoms with Crippen molar-refractivity contribution in [3.8, 4) is 5.75 Å². The van der Waals surface area contributed by atoms with Crippen LogP contribution in [0, 0.1) is 5.82 Å². The van der Waals surface area contributed by atoms with E-state index in [1.54, 1.807) is 12.1 Å². The fraction of sp³-hybridized carbons (Fsp3) is 0.364. The van der Waals surface area contributed by atoms with Gasteiger partial charge in [-0.2, -0.15) is 0 Å². The van der Waals surface area contributed by atoms with Gasteiger partial charge in [0, 0.05) is 31.9 Å². The van der Waals surface area contributed by atoms with Gasteiger partial charge in [-0.1, -0.05) is 18.2 Å². The lowest BCUT2D eigenvalue weighted by Crippen LogP contribution is -2.50. The van der Waals surface area contributed by atoms with E-state index in [0.717, 1.165) is 0 Å².